The second-order valence-corrected chi connectivity index (χ2v) is 5.37. The van der Waals surface area contributed by atoms with Gasteiger partial charge in [-0.25, -0.2) is 9.78 Å². The van der Waals surface area contributed by atoms with Crippen LogP contribution < -0.4 is 10.5 Å². The molecule has 3 rings (SSSR count). The summed E-state index contributed by atoms with van der Waals surface area (Å²) in [4.78, 5) is 28.8. The monoisotopic (exact) mass is 311 g/mol. The van der Waals surface area contributed by atoms with Gasteiger partial charge in [0.2, 0.25) is 11.7 Å². The molecule has 0 unspecified atom stereocenters. The zero-order valence-corrected chi connectivity index (χ0v) is 12.1. The lowest BCUT2D eigenvalue weighted by Gasteiger charge is -2.38. The Morgan fingerprint density at radius 1 is 1.27 bits per heavy atom. The molecule has 2 aliphatic rings. The molecule has 9 nitrogen and oxygen atoms in total. The highest BCUT2D eigenvalue weighted by molar-refractivity contribution is 5.88. The molecule has 0 atom stereocenters. The fraction of sp³-hybridized carbons (Fsp3) is 0.615. The Balaban J connectivity index is 1.89. The zero-order valence-electron chi connectivity index (χ0n) is 12.1. The van der Waals surface area contributed by atoms with E-state index in [-0.39, 0.29) is 5.95 Å². The topological polar surface area (TPSA) is 114 Å². The average Bonchev–Trinajstić information content (AvgIpc) is 2.94. The van der Waals surface area contributed by atoms with E-state index in [1.807, 2.05) is 0 Å². The van der Waals surface area contributed by atoms with Crippen LogP contribution in [0, 0.1) is 0 Å². The summed E-state index contributed by atoms with van der Waals surface area (Å²) in [5.41, 5.74) is -1.41. The predicted octanol–water partition coefficient (Wildman–Crippen LogP) is -0.473. The molecule has 0 aromatic carbocycles. The van der Waals surface area contributed by atoms with Crippen LogP contribution in [0.4, 0.5) is 5.95 Å². The van der Waals surface area contributed by atoms with Gasteiger partial charge in [-0.05, 0) is 0 Å². The van der Waals surface area contributed by atoms with Crippen molar-refractivity contribution in [3.8, 4) is 5.75 Å². The highest BCUT2D eigenvalue weighted by atomic mass is 16.7. The van der Waals surface area contributed by atoms with Crippen molar-refractivity contribution in [3.05, 3.63) is 16.0 Å². The van der Waals surface area contributed by atoms with E-state index in [1.165, 1.54) is 7.05 Å². The van der Waals surface area contributed by atoms with Gasteiger partial charge in [0, 0.05) is 33.0 Å². The van der Waals surface area contributed by atoms with E-state index < -0.39 is 28.8 Å². The Labute approximate surface area is 125 Å². The SMILES string of the molecule is Cn1c(N2CCC3(CC2)OCCO3)nc(C(=O)O)c(O)c1=O. The summed E-state index contributed by atoms with van der Waals surface area (Å²) in [6.07, 6.45) is 1.21. The van der Waals surface area contributed by atoms with Crippen molar-refractivity contribution in [3.63, 3.8) is 0 Å². The van der Waals surface area contributed by atoms with Gasteiger partial charge in [0.1, 0.15) is 0 Å². The first kappa shape index (κ1) is 14.8. The van der Waals surface area contributed by atoms with Crippen LogP contribution in [0.2, 0.25) is 0 Å². The molecule has 2 saturated heterocycles. The van der Waals surface area contributed by atoms with Crippen LogP contribution in [0.15, 0.2) is 4.79 Å². The molecule has 0 radical (unpaired) electrons. The van der Waals surface area contributed by atoms with Crippen molar-refractivity contribution in [2.45, 2.75) is 18.6 Å². The summed E-state index contributed by atoms with van der Waals surface area (Å²) >= 11 is 0. The number of hydrogen-bond acceptors (Lipinski definition) is 7. The average molecular weight is 311 g/mol. The number of piperidine rings is 1. The molecule has 22 heavy (non-hydrogen) atoms. The van der Waals surface area contributed by atoms with Crippen molar-refractivity contribution >= 4 is 11.9 Å². The maximum absolute atomic E-state index is 11.9. The number of aromatic carboxylic acids is 1. The third-order valence-corrected chi connectivity index (χ3v) is 4.07. The minimum absolute atomic E-state index is 0.216. The number of aromatic hydroxyl groups is 1. The Morgan fingerprint density at radius 3 is 2.41 bits per heavy atom. The van der Waals surface area contributed by atoms with E-state index in [0.717, 1.165) is 4.57 Å². The van der Waals surface area contributed by atoms with E-state index in [1.54, 1.807) is 4.90 Å². The fourth-order valence-corrected chi connectivity index (χ4v) is 2.84. The molecule has 3 heterocycles. The van der Waals surface area contributed by atoms with Crippen LogP contribution in [0.25, 0.3) is 0 Å². The standard InChI is InChI=1S/C13H17N3O6/c1-15-10(18)9(17)8(11(19)20)14-12(15)16-4-2-13(3-5-16)21-6-7-22-13/h17H,2-7H2,1H3,(H,19,20). The number of aromatic nitrogens is 2. The number of carbonyl (C=O) groups is 1. The molecule has 1 aromatic rings. The molecule has 0 amide bonds. The second-order valence-electron chi connectivity index (χ2n) is 5.37. The number of carboxylic acids is 1. The number of nitrogens with zero attached hydrogens (tertiary/aromatic N) is 3. The number of rotatable bonds is 2. The fourth-order valence-electron chi connectivity index (χ4n) is 2.84. The molecule has 2 fully saturated rings. The first-order valence-corrected chi connectivity index (χ1v) is 7.00. The quantitative estimate of drug-likeness (QED) is 0.753. The summed E-state index contributed by atoms with van der Waals surface area (Å²) in [6, 6.07) is 0. The Morgan fingerprint density at radius 2 is 1.86 bits per heavy atom. The van der Waals surface area contributed by atoms with Crippen LogP contribution in [0.3, 0.4) is 0 Å². The molecule has 2 aliphatic heterocycles. The first-order valence-electron chi connectivity index (χ1n) is 7.00. The van der Waals surface area contributed by atoms with E-state index in [4.69, 9.17) is 14.6 Å². The highest BCUT2D eigenvalue weighted by Gasteiger charge is 2.40. The summed E-state index contributed by atoms with van der Waals surface area (Å²) in [5.74, 6) is -2.64. The maximum Gasteiger partial charge on any atom is 0.358 e. The minimum Gasteiger partial charge on any atom is -0.501 e. The van der Waals surface area contributed by atoms with Gasteiger partial charge in [-0.3, -0.25) is 9.36 Å². The van der Waals surface area contributed by atoms with Crippen molar-refractivity contribution < 1.29 is 24.5 Å². The summed E-state index contributed by atoms with van der Waals surface area (Å²) in [5, 5.41) is 18.6. The lowest BCUT2D eigenvalue weighted by Crippen LogP contribution is -2.47. The van der Waals surface area contributed by atoms with Gasteiger partial charge in [-0.15, -0.1) is 0 Å². The number of hydrogen-bond donors (Lipinski definition) is 2. The van der Waals surface area contributed by atoms with Crippen LogP contribution in [0.5, 0.6) is 5.75 Å². The van der Waals surface area contributed by atoms with Crippen molar-refractivity contribution in [2.75, 3.05) is 31.2 Å². The Hall–Kier alpha value is -2.13. The molecule has 0 aliphatic carbocycles. The number of anilines is 1. The van der Waals surface area contributed by atoms with E-state index in [0.29, 0.717) is 39.1 Å². The first-order chi connectivity index (χ1) is 10.4. The van der Waals surface area contributed by atoms with E-state index >= 15 is 0 Å². The van der Waals surface area contributed by atoms with Crippen molar-refractivity contribution in [1.82, 2.24) is 9.55 Å². The van der Waals surface area contributed by atoms with Crippen LogP contribution in [0.1, 0.15) is 23.3 Å². The number of carboxylic acid groups (broad SMARTS) is 1. The van der Waals surface area contributed by atoms with Gasteiger partial charge in [0.15, 0.2) is 11.5 Å². The lowest BCUT2D eigenvalue weighted by atomic mass is 10.0. The van der Waals surface area contributed by atoms with Crippen molar-refractivity contribution in [1.29, 1.82) is 0 Å². The zero-order chi connectivity index (χ0) is 15.9. The Bertz CT molecular complexity index is 654. The van der Waals surface area contributed by atoms with Gasteiger partial charge in [0.25, 0.3) is 5.56 Å². The maximum atomic E-state index is 11.9. The molecule has 0 bridgehead atoms. The Kier molecular flexibility index (Phi) is 3.53. The lowest BCUT2D eigenvalue weighted by molar-refractivity contribution is -0.169. The molecule has 1 aromatic heterocycles. The van der Waals surface area contributed by atoms with Gasteiger partial charge in [-0.1, -0.05) is 0 Å². The molecular weight excluding hydrogens is 294 g/mol. The highest BCUT2D eigenvalue weighted by Crippen LogP contribution is 2.32. The molecule has 120 valence electrons. The molecule has 1 spiro atoms. The predicted molar refractivity (Wildman–Crippen MR) is 74.2 cm³/mol. The molecule has 2 N–H and O–H groups in total. The molecule has 9 heteroatoms. The number of ether oxygens (including phenoxy) is 2. The summed E-state index contributed by atoms with van der Waals surface area (Å²) in [6.45, 7) is 2.17. The third-order valence-electron chi connectivity index (χ3n) is 4.07. The third kappa shape index (κ3) is 2.32. The van der Waals surface area contributed by atoms with Crippen molar-refractivity contribution in [2.24, 2.45) is 7.05 Å². The van der Waals surface area contributed by atoms with E-state index in [9.17, 15) is 14.7 Å². The summed E-state index contributed by atoms with van der Waals surface area (Å²) < 4.78 is 12.4. The van der Waals surface area contributed by atoms with Gasteiger partial charge < -0.3 is 24.6 Å². The van der Waals surface area contributed by atoms with Gasteiger partial charge in [-0.2, -0.15) is 0 Å². The van der Waals surface area contributed by atoms with Crippen LogP contribution >= 0.6 is 0 Å². The minimum atomic E-state index is -1.44. The molecule has 0 saturated carbocycles. The second kappa shape index (κ2) is 5.25. The van der Waals surface area contributed by atoms with E-state index in [2.05, 4.69) is 4.98 Å². The summed E-state index contributed by atoms with van der Waals surface area (Å²) in [7, 11) is 1.45. The van der Waals surface area contributed by atoms with Gasteiger partial charge >= 0.3 is 5.97 Å². The van der Waals surface area contributed by atoms with Crippen LogP contribution in [-0.2, 0) is 16.5 Å². The smallest absolute Gasteiger partial charge is 0.358 e. The molecular formula is C13H17N3O6. The normalized spacial score (nSPS) is 20.5. The van der Waals surface area contributed by atoms with Gasteiger partial charge in [0.05, 0.1) is 13.2 Å². The van der Waals surface area contributed by atoms with Crippen LogP contribution in [-0.4, -0.2) is 57.8 Å². The largest absolute Gasteiger partial charge is 0.501 e.